The Bertz CT molecular complexity index is 903. The summed E-state index contributed by atoms with van der Waals surface area (Å²) >= 11 is 0. The van der Waals surface area contributed by atoms with E-state index in [1.165, 1.54) is 5.56 Å². The fourth-order valence-electron chi connectivity index (χ4n) is 3.79. The standard InChI is InChI=1S/C22H35N7O/c1-8-18(16(6)30)26-22-27-20(24-11-17-10-23-15(5)9-14(17)4)19-21(28(22)7)29(12-25-19)13(2)3/h9-10,12-13,16,18,22,26,30H,8,11H2,1-7H3,(H,24,27)/t16-,18+,22?/m1/s1. The zero-order valence-corrected chi connectivity index (χ0v) is 19.1. The van der Waals surface area contributed by atoms with Gasteiger partial charge >= 0.3 is 0 Å². The number of nitrogens with one attached hydrogen (secondary N) is 2. The van der Waals surface area contributed by atoms with Gasteiger partial charge in [-0.15, -0.1) is 0 Å². The summed E-state index contributed by atoms with van der Waals surface area (Å²) < 4.78 is 2.16. The van der Waals surface area contributed by atoms with Crippen molar-refractivity contribution < 1.29 is 5.11 Å². The second kappa shape index (κ2) is 9.14. The smallest absolute Gasteiger partial charge is 0.179 e. The van der Waals surface area contributed by atoms with Crippen molar-refractivity contribution in [1.82, 2.24) is 25.2 Å². The minimum absolute atomic E-state index is 0.0528. The quantitative estimate of drug-likeness (QED) is 0.646. The van der Waals surface area contributed by atoms with Gasteiger partial charge < -0.3 is 19.9 Å². The molecule has 1 aliphatic heterocycles. The summed E-state index contributed by atoms with van der Waals surface area (Å²) in [6.07, 6.45) is 3.83. The zero-order chi connectivity index (χ0) is 22.0. The van der Waals surface area contributed by atoms with E-state index in [-0.39, 0.29) is 18.4 Å². The molecule has 0 fully saturated rings. The van der Waals surface area contributed by atoms with Crippen LogP contribution in [0.5, 0.6) is 0 Å². The SMILES string of the molecule is CC[C@H](NC1N=C(NCc2cnc(C)cc2C)c2ncn(C(C)C)c2N1C)[C@@H](C)O. The topological polar surface area (TPSA) is 90.6 Å². The third-order valence-electron chi connectivity index (χ3n) is 5.69. The van der Waals surface area contributed by atoms with Crippen molar-refractivity contribution in [2.75, 3.05) is 11.9 Å². The van der Waals surface area contributed by atoms with Crippen LogP contribution in [0.3, 0.4) is 0 Å². The first-order valence-corrected chi connectivity index (χ1v) is 10.7. The number of amidine groups is 1. The largest absolute Gasteiger partial charge is 0.392 e. The number of aromatic nitrogens is 3. The first-order chi connectivity index (χ1) is 14.2. The Kier molecular flexibility index (Phi) is 6.77. The van der Waals surface area contributed by atoms with E-state index in [2.05, 4.69) is 63.8 Å². The fraction of sp³-hybridized carbons (Fsp3) is 0.591. The maximum atomic E-state index is 10.1. The van der Waals surface area contributed by atoms with E-state index in [0.717, 1.165) is 35.0 Å². The van der Waals surface area contributed by atoms with E-state index in [9.17, 15) is 5.11 Å². The van der Waals surface area contributed by atoms with Crippen LogP contribution in [0.4, 0.5) is 5.82 Å². The molecule has 3 heterocycles. The highest BCUT2D eigenvalue weighted by atomic mass is 16.3. The molecule has 0 radical (unpaired) electrons. The summed E-state index contributed by atoms with van der Waals surface area (Å²) in [7, 11) is 2.01. The predicted molar refractivity (Wildman–Crippen MR) is 121 cm³/mol. The molecule has 3 N–H and O–H groups in total. The van der Waals surface area contributed by atoms with Gasteiger partial charge in [0.15, 0.2) is 12.1 Å². The minimum Gasteiger partial charge on any atom is -0.392 e. The van der Waals surface area contributed by atoms with E-state index in [4.69, 9.17) is 4.99 Å². The number of aliphatic hydroxyl groups is 1. The number of hydrogen-bond acceptors (Lipinski definition) is 7. The Balaban J connectivity index is 1.92. The van der Waals surface area contributed by atoms with Gasteiger partial charge in [0, 0.05) is 37.6 Å². The van der Waals surface area contributed by atoms with Crippen molar-refractivity contribution in [2.45, 2.75) is 79.0 Å². The van der Waals surface area contributed by atoms with Gasteiger partial charge in [0.1, 0.15) is 11.5 Å². The Hall–Kier alpha value is -2.45. The molecule has 3 atom stereocenters. The highest BCUT2D eigenvalue weighted by Gasteiger charge is 2.32. The van der Waals surface area contributed by atoms with E-state index in [0.29, 0.717) is 6.54 Å². The van der Waals surface area contributed by atoms with E-state index >= 15 is 0 Å². The molecule has 0 saturated heterocycles. The summed E-state index contributed by atoms with van der Waals surface area (Å²) in [5, 5.41) is 17.1. The molecule has 30 heavy (non-hydrogen) atoms. The number of aryl methyl sites for hydroxylation is 2. The van der Waals surface area contributed by atoms with Gasteiger partial charge in [-0.05, 0) is 58.2 Å². The van der Waals surface area contributed by atoms with Crippen LogP contribution in [0, 0.1) is 13.8 Å². The third-order valence-corrected chi connectivity index (χ3v) is 5.69. The van der Waals surface area contributed by atoms with Crippen molar-refractivity contribution in [1.29, 1.82) is 0 Å². The molecule has 0 aromatic carbocycles. The van der Waals surface area contributed by atoms with Gasteiger partial charge in [0.2, 0.25) is 0 Å². The molecule has 2 aromatic rings. The molecule has 3 rings (SSSR count). The number of fused-ring (bicyclic) bond motifs is 1. The number of nitrogens with zero attached hydrogens (tertiary/aromatic N) is 5. The lowest BCUT2D eigenvalue weighted by molar-refractivity contribution is 0.135. The average Bonchev–Trinajstić information content (AvgIpc) is 3.13. The lowest BCUT2D eigenvalue weighted by Crippen LogP contribution is -2.54. The van der Waals surface area contributed by atoms with Crippen molar-refractivity contribution in [3.8, 4) is 0 Å². The molecule has 0 bridgehead atoms. The molecule has 0 amide bonds. The van der Waals surface area contributed by atoms with Gasteiger partial charge in [0.25, 0.3) is 0 Å². The normalized spacial score (nSPS) is 18.2. The molecule has 0 aliphatic carbocycles. The number of aliphatic imine (C=N–C) groups is 1. The number of hydrogen-bond donors (Lipinski definition) is 3. The van der Waals surface area contributed by atoms with Crippen molar-refractivity contribution in [2.24, 2.45) is 4.99 Å². The molecular formula is C22H35N7O. The van der Waals surface area contributed by atoms with Crippen molar-refractivity contribution >= 4 is 11.7 Å². The van der Waals surface area contributed by atoms with Gasteiger partial charge in [-0.25, -0.2) is 9.98 Å². The van der Waals surface area contributed by atoms with Crippen LogP contribution >= 0.6 is 0 Å². The van der Waals surface area contributed by atoms with Gasteiger partial charge in [-0.1, -0.05) is 6.92 Å². The summed E-state index contributed by atoms with van der Waals surface area (Å²) in [6.45, 7) is 12.9. The van der Waals surface area contributed by atoms with Crippen LogP contribution in [-0.2, 0) is 6.54 Å². The molecule has 8 nitrogen and oxygen atoms in total. The molecule has 0 spiro atoms. The summed E-state index contributed by atoms with van der Waals surface area (Å²) in [6, 6.07) is 2.31. The maximum absolute atomic E-state index is 10.1. The molecule has 164 valence electrons. The minimum atomic E-state index is -0.465. The van der Waals surface area contributed by atoms with Crippen LogP contribution in [0.2, 0.25) is 0 Å². The highest BCUT2D eigenvalue weighted by Crippen LogP contribution is 2.28. The van der Waals surface area contributed by atoms with E-state index in [1.54, 1.807) is 0 Å². The van der Waals surface area contributed by atoms with Crippen LogP contribution < -0.4 is 15.5 Å². The summed E-state index contributed by atoms with van der Waals surface area (Å²) in [5.74, 6) is 1.76. The molecule has 1 unspecified atom stereocenters. The fourth-order valence-corrected chi connectivity index (χ4v) is 3.79. The summed E-state index contributed by atoms with van der Waals surface area (Å²) in [4.78, 5) is 16.1. The Morgan fingerprint density at radius 1 is 1.20 bits per heavy atom. The number of aliphatic hydroxyl groups excluding tert-OH is 1. The van der Waals surface area contributed by atoms with Crippen LogP contribution in [0.15, 0.2) is 23.6 Å². The first-order valence-electron chi connectivity index (χ1n) is 10.7. The number of rotatable bonds is 7. The summed E-state index contributed by atoms with van der Waals surface area (Å²) in [5.41, 5.74) is 4.18. The first kappa shape index (κ1) is 22.2. The number of imidazole rings is 1. The molecular weight excluding hydrogens is 378 g/mol. The Morgan fingerprint density at radius 2 is 1.93 bits per heavy atom. The molecule has 2 aromatic heterocycles. The Morgan fingerprint density at radius 3 is 2.53 bits per heavy atom. The lowest BCUT2D eigenvalue weighted by atomic mass is 10.1. The molecule has 0 saturated carbocycles. The molecule has 8 heteroatoms. The van der Waals surface area contributed by atoms with Crippen LogP contribution in [0.1, 0.15) is 62.7 Å². The van der Waals surface area contributed by atoms with Gasteiger partial charge in [-0.2, -0.15) is 0 Å². The number of pyridine rings is 1. The third kappa shape index (κ3) is 4.49. The predicted octanol–water partition coefficient (Wildman–Crippen LogP) is 2.49. The second-order valence-electron chi connectivity index (χ2n) is 8.41. The number of anilines is 1. The van der Waals surface area contributed by atoms with Gasteiger partial charge in [-0.3, -0.25) is 10.3 Å². The van der Waals surface area contributed by atoms with Crippen LogP contribution in [0.25, 0.3) is 0 Å². The monoisotopic (exact) mass is 413 g/mol. The van der Waals surface area contributed by atoms with Crippen molar-refractivity contribution in [3.05, 3.63) is 41.1 Å². The second-order valence-corrected chi connectivity index (χ2v) is 8.41. The van der Waals surface area contributed by atoms with E-state index < -0.39 is 6.10 Å². The zero-order valence-electron chi connectivity index (χ0n) is 19.1. The van der Waals surface area contributed by atoms with Crippen LogP contribution in [-0.4, -0.2) is 51.0 Å². The average molecular weight is 414 g/mol. The highest BCUT2D eigenvalue weighted by molar-refractivity contribution is 6.02. The molecule has 1 aliphatic rings. The lowest BCUT2D eigenvalue weighted by Gasteiger charge is -2.36. The van der Waals surface area contributed by atoms with E-state index in [1.807, 2.05) is 33.4 Å². The van der Waals surface area contributed by atoms with Crippen molar-refractivity contribution in [3.63, 3.8) is 0 Å². The maximum Gasteiger partial charge on any atom is 0.179 e. The Labute approximate surface area is 179 Å². The van der Waals surface area contributed by atoms with Gasteiger partial charge in [0.05, 0.1) is 12.4 Å².